The van der Waals surface area contributed by atoms with E-state index in [9.17, 15) is 4.79 Å². The molecule has 0 spiro atoms. The van der Waals surface area contributed by atoms with Crippen molar-refractivity contribution < 1.29 is 14.3 Å². The van der Waals surface area contributed by atoms with Crippen LogP contribution in [0.2, 0.25) is 0 Å². The lowest BCUT2D eigenvalue weighted by Crippen LogP contribution is -2.30. The van der Waals surface area contributed by atoms with Gasteiger partial charge in [0.25, 0.3) is 0 Å². The first-order valence-electron chi connectivity index (χ1n) is 6.17. The SMILES string of the molecule is C=C(C)C(=O)OC1CCC2CC3OC3CC21. The van der Waals surface area contributed by atoms with E-state index in [4.69, 9.17) is 9.47 Å². The zero-order chi connectivity index (χ0) is 11.3. The van der Waals surface area contributed by atoms with E-state index >= 15 is 0 Å². The molecule has 2 aliphatic carbocycles. The molecule has 3 nitrogen and oxygen atoms in total. The average molecular weight is 222 g/mol. The average Bonchev–Trinajstić information content (AvgIpc) is 2.90. The number of rotatable bonds is 2. The van der Waals surface area contributed by atoms with E-state index in [-0.39, 0.29) is 12.1 Å². The zero-order valence-electron chi connectivity index (χ0n) is 9.65. The van der Waals surface area contributed by atoms with Gasteiger partial charge in [0.2, 0.25) is 0 Å². The summed E-state index contributed by atoms with van der Waals surface area (Å²) < 4.78 is 11.1. The van der Waals surface area contributed by atoms with E-state index in [0.717, 1.165) is 12.8 Å². The van der Waals surface area contributed by atoms with Gasteiger partial charge in [-0.25, -0.2) is 4.79 Å². The van der Waals surface area contributed by atoms with Crippen LogP contribution in [-0.2, 0) is 14.3 Å². The molecule has 5 atom stereocenters. The molecular weight excluding hydrogens is 204 g/mol. The molecule has 3 aliphatic rings. The van der Waals surface area contributed by atoms with Crippen LogP contribution < -0.4 is 0 Å². The second kappa shape index (κ2) is 3.59. The van der Waals surface area contributed by atoms with Crippen LogP contribution in [0.25, 0.3) is 0 Å². The fourth-order valence-corrected chi connectivity index (χ4v) is 3.29. The molecule has 0 amide bonds. The van der Waals surface area contributed by atoms with E-state index in [0.29, 0.717) is 29.6 Å². The van der Waals surface area contributed by atoms with Gasteiger partial charge in [0.1, 0.15) is 6.10 Å². The third kappa shape index (κ3) is 1.67. The molecule has 0 aromatic carbocycles. The van der Waals surface area contributed by atoms with Gasteiger partial charge in [-0.05, 0) is 38.5 Å². The molecule has 0 aromatic rings. The highest BCUT2D eigenvalue weighted by molar-refractivity contribution is 5.87. The van der Waals surface area contributed by atoms with Crippen molar-refractivity contribution in [3.8, 4) is 0 Å². The van der Waals surface area contributed by atoms with Gasteiger partial charge >= 0.3 is 5.97 Å². The Kier molecular flexibility index (Phi) is 2.32. The summed E-state index contributed by atoms with van der Waals surface area (Å²) in [7, 11) is 0. The molecule has 1 saturated heterocycles. The summed E-state index contributed by atoms with van der Waals surface area (Å²) in [4.78, 5) is 11.5. The highest BCUT2D eigenvalue weighted by Crippen LogP contribution is 2.50. The molecule has 88 valence electrons. The Labute approximate surface area is 95.8 Å². The minimum Gasteiger partial charge on any atom is -0.459 e. The lowest BCUT2D eigenvalue weighted by atomic mass is 9.81. The van der Waals surface area contributed by atoms with E-state index in [1.807, 2.05) is 0 Å². The quantitative estimate of drug-likeness (QED) is 0.408. The summed E-state index contributed by atoms with van der Waals surface area (Å²) in [5.74, 6) is 1.02. The molecule has 1 heterocycles. The molecule has 3 fully saturated rings. The Morgan fingerprint density at radius 3 is 2.81 bits per heavy atom. The lowest BCUT2D eigenvalue weighted by molar-refractivity contribution is -0.146. The van der Waals surface area contributed by atoms with Crippen LogP contribution in [0, 0.1) is 11.8 Å². The van der Waals surface area contributed by atoms with Gasteiger partial charge in [0.05, 0.1) is 12.2 Å². The summed E-state index contributed by atoms with van der Waals surface area (Å²) in [6.45, 7) is 5.33. The van der Waals surface area contributed by atoms with Crippen molar-refractivity contribution in [2.45, 2.75) is 50.9 Å². The molecule has 16 heavy (non-hydrogen) atoms. The molecule has 2 saturated carbocycles. The van der Waals surface area contributed by atoms with Crippen LogP contribution in [0.5, 0.6) is 0 Å². The first-order chi connectivity index (χ1) is 7.65. The molecule has 5 unspecified atom stereocenters. The Bertz CT molecular complexity index is 336. The van der Waals surface area contributed by atoms with Crippen LogP contribution in [0.4, 0.5) is 0 Å². The molecule has 1 aliphatic heterocycles. The summed E-state index contributed by atoms with van der Waals surface area (Å²) in [5, 5.41) is 0. The molecule has 0 aromatic heterocycles. The smallest absolute Gasteiger partial charge is 0.333 e. The van der Waals surface area contributed by atoms with Crippen molar-refractivity contribution in [2.75, 3.05) is 0 Å². The summed E-state index contributed by atoms with van der Waals surface area (Å²) in [5.41, 5.74) is 0.500. The highest BCUT2D eigenvalue weighted by atomic mass is 16.6. The van der Waals surface area contributed by atoms with Crippen molar-refractivity contribution in [3.63, 3.8) is 0 Å². The van der Waals surface area contributed by atoms with Gasteiger partial charge in [-0.2, -0.15) is 0 Å². The number of hydrogen-bond donors (Lipinski definition) is 0. The van der Waals surface area contributed by atoms with Crippen LogP contribution in [0.1, 0.15) is 32.6 Å². The molecule has 0 radical (unpaired) electrons. The van der Waals surface area contributed by atoms with Crippen LogP contribution in [-0.4, -0.2) is 24.3 Å². The molecule has 3 heteroatoms. The molecule has 0 bridgehead atoms. The Morgan fingerprint density at radius 2 is 2.06 bits per heavy atom. The van der Waals surface area contributed by atoms with Gasteiger partial charge < -0.3 is 9.47 Å². The molecular formula is C13H18O3. The van der Waals surface area contributed by atoms with Crippen LogP contribution in [0.3, 0.4) is 0 Å². The fourth-order valence-electron chi connectivity index (χ4n) is 3.29. The standard InChI is InChI=1S/C13H18O3/c1-7(2)13(14)16-10-4-3-8-5-11-12(15-11)6-9(8)10/h8-12H,1,3-6H2,2H3. The van der Waals surface area contributed by atoms with E-state index in [2.05, 4.69) is 6.58 Å². The topological polar surface area (TPSA) is 38.8 Å². The third-order valence-corrected chi connectivity index (χ3v) is 4.24. The lowest BCUT2D eigenvalue weighted by Gasteiger charge is -2.26. The van der Waals surface area contributed by atoms with Gasteiger partial charge in [0, 0.05) is 11.5 Å². The maximum Gasteiger partial charge on any atom is 0.333 e. The normalized spacial score (nSPS) is 44.4. The van der Waals surface area contributed by atoms with Crippen molar-refractivity contribution in [2.24, 2.45) is 11.8 Å². The Balaban J connectivity index is 1.64. The summed E-state index contributed by atoms with van der Waals surface area (Å²) >= 11 is 0. The van der Waals surface area contributed by atoms with Gasteiger partial charge in [-0.3, -0.25) is 0 Å². The number of ether oxygens (including phenoxy) is 2. The van der Waals surface area contributed by atoms with Gasteiger partial charge in [0.15, 0.2) is 0 Å². The summed E-state index contributed by atoms with van der Waals surface area (Å²) in [6.07, 6.45) is 5.57. The van der Waals surface area contributed by atoms with Crippen molar-refractivity contribution >= 4 is 5.97 Å². The first kappa shape index (κ1) is 10.3. The number of epoxide rings is 1. The highest BCUT2D eigenvalue weighted by Gasteiger charge is 2.53. The fraction of sp³-hybridized carbons (Fsp3) is 0.769. The molecule has 3 rings (SSSR count). The molecule has 0 N–H and O–H groups in total. The summed E-state index contributed by atoms with van der Waals surface area (Å²) in [6, 6.07) is 0. The maximum atomic E-state index is 11.5. The zero-order valence-corrected chi connectivity index (χ0v) is 9.65. The predicted molar refractivity (Wildman–Crippen MR) is 58.8 cm³/mol. The Hall–Kier alpha value is -0.830. The predicted octanol–water partition coefficient (Wildman–Crippen LogP) is 2.06. The first-order valence-corrected chi connectivity index (χ1v) is 6.17. The van der Waals surface area contributed by atoms with E-state index in [1.54, 1.807) is 6.92 Å². The third-order valence-electron chi connectivity index (χ3n) is 4.24. The van der Waals surface area contributed by atoms with Gasteiger partial charge in [-0.15, -0.1) is 0 Å². The number of hydrogen-bond acceptors (Lipinski definition) is 3. The largest absolute Gasteiger partial charge is 0.459 e. The van der Waals surface area contributed by atoms with Gasteiger partial charge in [-0.1, -0.05) is 6.58 Å². The van der Waals surface area contributed by atoms with Crippen LogP contribution in [0.15, 0.2) is 12.2 Å². The number of fused-ring (bicyclic) bond motifs is 2. The minimum atomic E-state index is -0.232. The van der Waals surface area contributed by atoms with E-state index < -0.39 is 0 Å². The minimum absolute atomic E-state index is 0.111. The maximum absolute atomic E-state index is 11.5. The number of esters is 1. The number of carbonyl (C=O) groups is 1. The van der Waals surface area contributed by atoms with Crippen molar-refractivity contribution in [1.29, 1.82) is 0 Å². The number of carbonyl (C=O) groups excluding carboxylic acids is 1. The van der Waals surface area contributed by atoms with E-state index in [1.165, 1.54) is 12.8 Å². The Morgan fingerprint density at radius 1 is 1.31 bits per heavy atom. The van der Waals surface area contributed by atoms with Crippen LogP contribution >= 0.6 is 0 Å². The second-order valence-corrected chi connectivity index (χ2v) is 5.41. The van der Waals surface area contributed by atoms with Crippen molar-refractivity contribution in [1.82, 2.24) is 0 Å². The van der Waals surface area contributed by atoms with Crippen molar-refractivity contribution in [3.05, 3.63) is 12.2 Å². The monoisotopic (exact) mass is 222 g/mol. The second-order valence-electron chi connectivity index (χ2n) is 5.41.